The van der Waals surface area contributed by atoms with Crippen LogP contribution in [0.1, 0.15) is 58.1 Å². The SMILES string of the molecule is CCCCN=C(C)c1c(O)[nH]c2ccc(S(=O)(=O)N(CC(C)C)C[C@@H](O)[C@H](Cc3ccccc3)NC(=O)O[C@H]3COC4OCCC43)cc12. The number of H-pyrrole nitrogens is 1. The minimum Gasteiger partial charge on any atom is -0.494 e. The van der Waals surface area contributed by atoms with Crippen molar-refractivity contribution in [3.05, 3.63) is 59.7 Å². The van der Waals surface area contributed by atoms with Crippen molar-refractivity contribution in [3.63, 3.8) is 0 Å². The number of amides is 1. The maximum atomic E-state index is 14.3. The molecule has 5 rings (SSSR count). The van der Waals surface area contributed by atoms with Crippen LogP contribution in [0.3, 0.4) is 0 Å². The van der Waals surface area contributed by atoms with Gasteiger partial charge >= 0.3 is 6.09 Å². The summed E-state index contributed by atoms with van der Waals surface area (Å²) in [5.74, 6) is -0.190. The van der Waals surface area contributed by atoms with E-state index >= 15 is 0 Å². The van der Waals surface area contributed by atoms with Crippen molar-refractivity contribution in [2.75, 3.05) is 32.8 Å². The van der Waals surface area contributed by atoms with Crippen molar-refractivity contribution < 1.29 is 37.6 Å². The highest BCUT2D eigenvalue weighted by atomic mass is 32.2. The largest absolute Gasteiger partial charge is 0.494 e. The summed E-state index contributed by atoms with van der Waals surface area (Å²) in [5, 5.41) is 25.7. The second-order valence-corrected chi connectivity index (χ2v) is 15.0. The van der Waals surface area contributed by atoms with E-state index in [2.05, 4.69) is 22.2 Å². The van der Waals surface area contributed by atoms with E-state index in [4.69, 9.17) is 14.2 Å². The number of aromatic amines is 1. The van der Waals surface area contributed by atoms with Gasteiger partial charge in [0.25, 0.3) is 0 Å². The molecule has 5 atom stereocenters. The van der Waals surface area contributed by atoms with Gasteiger partial charge in [-0.25, -0.2) is 13.2 Å². The Morgan fingerprint density at radius 2 is 1.94 bits per heavy atom. The summed E-state index contributed by atoms with van der Waals surface area (Å²) in [7, 11) is -4.14. The summed E-state index contributed by atoms with van der Waals surface area (Å²) < 4.78 is 46.6. The molecule has 3 heterocycles. The second kappa shape index (κ2) is 15.8. The Hall–Kier alpha value is -3.49. The molecule has 2 aliphatic rings. The number of rotatable bonds is 15. The van der Waals surface area contributed by atoms with Crippen LogP contribution in [0.5, 0.6) is 5.88 Å². The maximum absolute atomic E-state index is 14.3. The van der Waals surface area contributed by atoms with Gasteiger partial charge in [0.15, 0.2) is 12.2 Å². The molecule has 0 saturated carbocycles. The van der Waals surface area contributed by atoms with E-state index in [0.717, 1.165) is 24.8 Å². The first-order chi connectivity index (χ1) is 23.0. The predicted octanol–water partition coefficient (Wildman–Crippen LogP) is 4.59. The lowest BCUT2D eigenvalue weighted by Crippen LogP contribution is -2.51. The normalized spacial score (nSPS) is 21.1. The van der Waals surface area contributed by atoms with Crippen molar-refractivity contribution in [2.45, 2.75) is 82.8 Å². The fourth-order valence-electron chi connectivity index (χ4n) is 6.35. The standard InChI is InChI=1S/C35H48N4O8S/c1-5-6-15-36-23(4)32-27-18-25(12-13-28(27)37-33(32)41)48(43,44)39(19-22(2)3)20-30(40)29(17-24-10-8-7-9-11-24)38-35(42)47-31-21-46-34-26(31)14-16-45-34/h7-13,18,22,26,29-31,34,37,40-41H,5-6,14-17,19-21H2,1-4H3,(H,38,42)/t26?,29-,30+,31-,34?/m0/s1. The third kappa shape index (κ3) is 8.38. The van der Waals surface area contributed by atoms with Crippen LogP contribution in [0.25, 0.3) is 10.9 Å². The molecule has 4 N–H and O–H groups in total. The Labute approximate surface area is 282 Å². The van der Waals surface area contributed by atoms with E-state index in [9.17, 15) is 23.4 Å². The molecule has 0 aliphatic carbocycles. The van der Waals surface area contributed by atoms with E-state index in [1.54, 1.807) is 13.0 Å². The number of aromatic nitrogens is 1. The molecule has 1 amide bonds. The van der Waals surface area contributed by atoms with Gasteiger partial charge in [0, 0.05) is 36.2 Å². The molecule has 12 nitrogen and oxygen atoms in total. The lowest BCUT2D eigenvalue weighted by Gasteiger charge is -2.31. The maximum Gasteiger partial charge on any atom is 0.407 e. The van der Waals surface area contributed by atoms with E-state index in [-0.39, 0.29) is 55.0 Å². The van der Waals surface area contributed by atoms with Gasteiger partial charge in [-0.2, -0.15) is 4.31 Å². The number of alkyl carbamates (subject to hydrolysis) is 1. The minimum atomic E-state index is -4.14. The van der Waals surface area contributed by atoms with Crippen LogP contribution in [-0.4, -0.2) is 97.1 Å². The summed E-state index contributed by atoms with van der Waals surface area (Å²) in [4.78, 5) is 20.7. The molecule has 48 heavy (non-hydrogen) atoms. The second-order valence-electron chi connectivity index (χ2n) is 13.1. The number of aliphatic hydroxyl groups is 1. The Balaban J connectivity index is 1.39. The van der Waals surface area contributed by atoms with Crippen molar-refractivity contribution in [2.24, 2.45) is 16.8 Å². The number of aliphatic hydroxyl groups excluding tert-OH is 1. The molecule has 0 radical (unpaired) electrons. The van der Waals surface area contributed by atoms with E-state index in [0.29, 0.717) is 35.3 Å². The van der Waals surface area contributed by atoms with Crippen LogP contribution in [0.4, 0.5) is 4.79 Å². The molecule has 2 aliphatic heterocycles. The number of fused-ring (bicyclic) bond motifs is 2. The number of carbonyl (C=O) groups is 1. The summed E-state index contributed by atoms with van der Waals surface area (Å²) >= 11 is 0. The number of hydrogen-bond donors (Lipinski definition) is 4. The first-order valence-electron chi connectivity index (χ1n) is 16.8. The van der Waals surface area contributed by atoms with E-state index in [1.807, 2.05) is 44.2 Å². The number of aromatic hydroxyl groups is 1. The van der Waals surface area contributed by atoms with Crippen LogP contribution in [0.2, 0.25) is 0 Å². The smallest absolute Gasteiger partial charge is 0.407 e. The number of sulfonamides is 1. The first-order valence-corrected chi connectivity index (χ1v) is 18.2. The zero-order valence-electron chi connectivity index (χ0n) is 28.1. The van der Waals surface area contributed by atoms with Crippen molar-refractivity contribution in [1.29, 1.82) is 0 Å². The lowest BCUT2D eigenvalue weighted by molar-refractivity contribution is -0.0907. The highest BCUT2D eigenvalue weighted by Crippen LogP contribution is 2.33. The fraction of sp³-hybridized carbons (Fsp3) is 0.543. The third-order valence-electron chi connectivity index (χ3n) is 8.88. The van der Waals surface area contributed by atoms with Gasteiger partial charge in [-0.05, 0) is 55.9 Å². The number of nitrogens with zero attached hydrogens (tertiary/aromatic N) is 2. The molecule has 0 spiro atoms. The Morgan fingerprint density at radius 1 is 1.17 bits per heavy atom. The Morgan fingerprint density at radius 3 is 2.67 bits per heavy atom. The third-order valence-corrected chi connectivity index (χ3v) is 10.7. The summed E-state index contributed by atoms with van der Waals surface area (Å²) in [6, 6.07) is 13.2. The molecule has 2 saturated heterocycles. The van der Waals surface area contributed by atoms with Gasteiger partial charge < -0.3 is 34.7 Å². The van der Waals surface area contributed by atoms with Crippen LogP contribution < -0.4 is 5.32 Å². The quantitative estimate of drug-likeness (QED) is 0.134. The molecule has 1 aromatic heterocycles. The summed E-state index contributed by atoms with van der Waals surface area (Å²) in [6.45, 7) is 8.89. The number of ether oxygens (including phenoxy) is 3. The van der Waals surface area contributed by atoms with Crippen molar-refractivity contribution in [1.82, 2.24) is 14.6 Å². The number of unbranched alkanes of at least 4 members (excludes halogenated alkanes) is 1. The predicted molar refractivity (Wildman–Crippen MR) is 183 cm³/mol. The molecule has 13 heteroatoms. The molecule has 0 bridgehead atoms. The zero-order valence-corrected chi connectivity index (χ0v) is 28.9. The number of aliphatic imine (C=N–C) groups is 1. The monoisotopic (exact) mass is 684 g/mol. The van der Waals surface area contributed by atoms with Gasteiger partial charge in [0.1, 0.15) is 6.10 Å². The van der Waals surface area contributed by atoms with Crippen LogP contribution in [0, 0.1) is 11.8 Å². The van der Waals surface area contributed by atoms with Gasteiger partial charge in [0.2, 0.25) is 10.0 Å². The van der Waals surface area contributed by atoms with Crippen LogP contribution in [-0.2, 0) is 30.7 Å². The Kier molecular flexibility index (Phi) is 11.8. The molecular weight excluding hydrogens is 636 g/mol. The average molecular weight is 685 g/mol. The highest BCUT2D eigenvalue weighted by Gasteiger charge is 2.44. The van der Waals surface area contributed by atoms with Crippen molar-refractivity contribution >= 4 is 32.7 Å². The van der Waals surface area contributed by atoms with Gasteiger partial charge in [-0.1, -0.05) is 57.5 Å². The summed E-state index contributed by atoms with van der Waals surface area (Å²) in [5.41, 5.74) is 2.51. The minimum absolute atomic E-state index is 0.0195. The summed E-state index contributed by atoms with van der Waals surface area (Å²) in [6.07, 6.45) is -0.00318. The van der Waals surface area contributed by atoms with E-state index < -0.39 is 34.4 Å². The Bertz CT molecular complexity index is 1680. The van der Waals surface area contributed by atoms with Gasteiger partial charge in [-0.3, -0.25) is 4.99 Å². The van der Waals surface area contributed by atoms with Crippen molar-refractivity contribution in [3.8, 4) is 5.88 Å². The number of benzene rings is 2. The molecule has 2 unspecified atom stereocenters. The molecule has 2 fully saturated rings. The van der Waals surface area contributed by atoms with Gasteiger partial charge in [0.05, 0.1) is 41.7 Å². The van der Waals surface area contributed by atoms with Gasteiger partial charge in [-0.15, -0.1) is 0 Å². The average Bonchev–Trinajstić information content (AvgIpc) is 3.75. The molecule has 262 valence electrons. The lowest BCUT2D eigenvalue weighted by atomic mass is 10.0. The molecule has 3 aromatic rings. The number of nitrogens with one attached hydrogen (secondary N) is 2. The fourth-order valence-corrected chi connectivity index (χ4v) is 8.00. The highest BCUT2D eigenvalue weighted by molar-refractivity contribution is 7.89. The molecular formula is C35H48N4O8S. The number of hydrogen-bond acceptors (Lipinski definition) is 9. The van der Waals surface area contributed by atoms with Crippen LogP contribution in [0.15, 0.2) is 58.4 Å². The van der Waals surface area contributed by atoms with E-state index in [1.165, 1.54) is 16.4 Å². The molecule has 2 aromatic carbocycles. The topological polar surface area (TPSA) is 163 Å². The number of carbonyl (C=O) groups excluding carboxylic acids is 1. The zero-order chi connectivity index (χ0) is 34.4. The first kappa shape index (κ1) is 35.8. The van der Waals surface area contributed by atoms with Crippen LogP contribution >= 0.6 is 0 Å².